The van der Waals surface area contributed by atoms with Gasteiger partial charge in [0.1, 0.15) is 17.7 Å². The molecule has 2 fully saturated rings. The fourth-order valence-corrected chi connectivity index (χ4v) is 3.93. The molecule has 2 aliphatic heterocycles. The average molecular weight is 358 g/mol. The first-order chi connectivity index (χ1) is 12.7. The SMILES string of the molecule is O=C(NCc1ccco1)[C@H]1CC[C@@H]2[C@@H](CCN2Cc2ccc(F)cc2)O1. The first-order valence-electron chi connectivity index (χ1n) is 9.13. The van der Waals surface area contributed by atoms with Gasteiger partial charge in [0, 0.05) is 19.1 Å². The van der Waals surface area contributed by atoms with Crippen molar-refractivity contribution >= 4 is 5.91 Å². The van der Waals surface area contributed by atoms with E-state index in [1.165, 1.54) is 12.1 Å². The second-order valence-electron chi connectivity index (χ2n) is 6.99. The number of benzene rings is 1. The molecule has 6 heteroatoms. The molecular weight excluding hydrogens is 335 g/mol. The number of nitrogens with zero attached hydrogens (tertiary/aromatic N) is 1. The van der Waals surface area contributed by atoms with E-state index in [1.54, 1.807) is 12.3 Å². The minimum atomic E-state index is -0.392. The summed E-state index contributed by atoms with van der Waals surface area (Å²) in [5, 5.41) is 2.88. The number of hydrogen-bond acceptors (Lipinski definition) is 4. The van der Waals surface area contributed by atoms with Gasteiger partial charge in [0.25, 0.3) is 0 Å². The van der Waals surface area contributed by atoms with Gasteiger partial charge in [-0.25, -0.2) is 4.39 Å². The highest BCUT2D eigenvalue weighted by atomic mass is 19.1. The number of hydrogen-bond donors (Lipinski definition) is 1. The minimum absolute atomic E-state index is 0.0724. The van der Waals surface area contributed by atoms with Gasteiger partial charge in [0.2, 0.25) is 5.91 Å². The van der Waals surface area contributed by atoms with Gasteiger partial charge < -0.3 is 14.5 Å². The molecular formula is C20H23FN2O3. The summed E-state index contributed by atoms with van der Waals surface area (Å²) in [7, 11) is 0. The molecule has 0 unspecified atom stereocenters. The van der Waals surface area contributed by atoms with Crippen LogP contribution in [0.1, 0.15) is 30.6 Å². The Morgan fingerprint density at radius 2 is 2.04 bits per heavy atom. The predicted molar refractivity (Wildman–Crippen MR) is 93.7 cm³/mol. The maximum absolute atomic E-state index is 13.1. The molecule has 1 aromatic heterocycles. The summed E-state index contributed by atoms with van der Waals surface area (Å²) in [4.78, 5) is 14.7. The van der Waals surface area contributed by atoms with Crippen LogP contribution in [0.4, 0.5) is 4.39 Å². The third kappa shape index (κ3) is 3.81. The van der Waals surface area contributed by atoms with E-state index in [1.807, 2.05) is 18.2 Å². The second kappa shape index (κ2) is 7.60. The lowest BCUT2D eigenvalue weighted by molar-refractivity contribution is -0.144. The lowest BCUT2D eigenvalue weighted by Gasteiger charge is -2.35. The maximum Gasteiger partial charge on any atom is 0.249 e. The van der Waals surface area contributed by atoms with Crippen LogP contribution in [0.5, 0.6) is 0 Å². The van der Waals surface area contributed by atoms with Crippen LogP contribution in [-0.4, -0.2) is 35.6 Å². The van der Waals surface area contributed by atoms with E-state index >= 15 is 0 Å². The normalized spacial score (nSPS) is 25.8. The molecule has 1 aromatic carbocycles. The Balaban J connectivity index is 1.30. The molecule has 2 aliphatic rings. The van der Waals surface area contributed by atoms with Gasteiger partial charge in [-0.1, -0.05) is 12.1 Å². The number of rotatable bonds is 5. The molecule has 0 radical (unpaired) electrons. The molecule has 3 heterocycles. The molecule has 1 amide bonds. The van der Waals surface area contributed by atoms with Gasteiger partial charge in [-0.15, -0.1) is 0 Å². The van der Waals surface area contributed by atoms with Crippen molar-refractivity contribution in [1.82, 2.24) is 10.2 Å². The lowest BCUT2D eigenvalue weighted by atomic mass is 9.98. The topological polar surface area (TPSA) is 54.7 Å². The van der Waals surface area contributed by atoms with Gasteiger partial charge in [-0.3, -0.25) is 9.69 Å². The van der Waals surface area contributed by atoms with Crippen LogP contribution >= 0.6 is 0 Å². The Morgan fingerprint density at radius 1 is 1.19 bits per heavy atom. The number of carbonyl (C=O) groups is 1. The Kier molecular flexibility index (Phi) is 5.04. The van der Waals surface area contributed by atoms with Crippen molar-refractivity contribution in [2.75, 3.05) is 6.54 Å². The fraction of sp³-hybridized carbons (Fsp3) is 0.450. The number of amides is 1. The van der Waals surface area contributed by atoms with Gasteiger partial charge >= 0.3 is 0 Å². The van der Waals surface area contributed by atoms with Crippen molar-refractivity contribution in [2.24, 2.45) is 0 Å². The van der Waals surface area contributed by atoms with Crippen LogP contribution in [0.3, 0.4) is 0 Å². The number of furan rings is 1. The van der Waals surface area contributed by atoms with Gasteiger partial charge in [-0.05, 0) is 49.1 Å². The molecule has 26 heavy (non-hydrogen) atoms. The summed E-state index contributed by atoms with van der Waals surface area (Å²) >= 11 is 0. The van der Waals surface area contributed by atoms with Crippen molar-refractivity contribution < 1.29 is 18.3 Å². The number of likely N-dealkylation sites (tertiary alicyclic amines) is 1. The van der Waals surface area contributed by atoms with Crippen molar-refractivity contribution in [2.45, 2.75) is 50.6 Å². The van der Waals surface area contributed by atoms with E-state index in [4.69, 9.17) is 9.15 Å². The quantitative estimate of drug-likeness (QED) is 0.893. The molecule has 2 saturated heterocycles. The number of ether oxygens (including phenoxy) is 1. The Bertz CT molecular complexity index is 732. The van der Waals surface area contributed by atoms with E-state index in [0.717, 1.165) is 37.3 Å². The molecule has 3 atom stereocenters. The third-order valence-corrected chi connectivity index (χ3v) is 5.27. The molecule has 5 nitrogen and oxygen atoms in total. The van der Waals surface area contributed by atoms with Crippen molar-refractivity contribution in [3.63, 3.8) is 0 Å². The zero-order valence-corrected chi connectivity index (χ0v) is 14.6. The summed E-state index contributed by atoms with van der Waals surface area (Å²) in [6, 6.07) is 10.6. The van der Waals surface area contributed by atoms with Crippen LogP contribution in [-0.2, 0) is 22.6 Å². The van der Waals surface area contributed by atoms with Crippen LogP contribution in [0.2, 0.25) is 0 Å². The number of fused-ring (bicyclic) bond motifs is 1. The molecule has 0 spiro atoms. The summed E-state index contributed by atoms with van der Waals surface area (Å²) in [6.07, 6.45) is 3.86. The van der Waals surface area contributed by atoms with E-state index in [2.05, 4.69) is 10.2 Å². The maximum atomic E-state index is 13.1. The summed E-state index contributed by atoms with van der Waals surface area (Å²) in [5.41, 5.74) is 1.10. The first kappa shape index (κ1) is 17.2. The molecule has 0 bridgehead atoms. The fourth-order valence-electron chi connectivity index (χ4n) is 3.93. The van der Waals surface area contributed by atoms with Crippen molar-refractivity contribution in [1.29, 1.82) is 0 Å². The summed E-state index contributed by atoms with van der Waals surface area (Å²) < 4.78 is 24.4. The Morgan fingerprint density at radius 3 is 2.81 bits per heavy atom. The second-order valence-corrected chi connectivity index (χ2v) is 6.99. The molecule has 1 N–H and O–H groups in total. The number of carbonyl (C=O) groups excluding carboxylic acids is 1. The predicted octanol–water partition coefficient (Wildman–Crippen LogP) is 2.86. The zero-order valence-electron chi connectivity index (χ0n) is 14.6. The monoisotopic (exact) mass is 358 g/mol. The van der Waals surface area contributed by atoms with Crippen LogP contribution < -0.4 is 5.32 Å². The highest BCUT2D eigenvalue weighted by molar-refractivity contribution is 5.80. The summed E-state index contributed by atoms with van der Waals surface area (Å²) in [6.45, 7) is 2.12. The van der Waals surface area contributed by atoms with Crippen molar-refractivity contribution in [3.8, 4) is 0 Å². The van der Waals surface area contributed by atoms with Gasteiger partial charge in [-0.2, -0.15) is 0 Å². The first-order valence-corrected chi connectivity index (χ1v) is 9.13. The lowest BCUT2D eigenvalue weighted by Crippen LogP contribution is -2.47. The smallest absolute Gasteiger partial charge is 0.249 e. The van der Waals surface area contributed by atoms with E-state index in [0.29, 0.717) is 19.0 Å². The highest BCUT2D eigenvalue weighted by Gasteiger charge is 2.41. The zero-order chi connectivity index (χ0) is 17.9. The van der Waals surface area contributed by atoms with Gasteiger partial charge in [0.15, 0.2) is 0 Å². The Labute approximate surface area is 152 Å². The molecule has 0 aliphatic carbocycles. The standard InChI is InChI=1S/C20H23FN2O3/c21-15-5-3-14(4-6-15)13-23-10-9-18-17(23)7-8-19(26-18)20(24)22-12-16-2-1-11-25-16/h1-6,11,17-19H,7-10,12-13H2,(H,22,24)/t17-,18-,19-/m1/s1. The van der Waals surface area contributed by atoms with Gasteiger partial charge in [0.05, 0.1) is 18.9 Å². The minimum Gasteiger partial charge on any atom is -0.467 e. The van der Waals surface area contributed by atoms with Crippen molar-refractivity contribution in [3.05, 3.63) is 59.8 Å². The molecule has 2 aromatic rings. The summed E-state index contributed by atoms with van der Waals surface area (Å²) in [5.74, 6) is 0.452. The molecule has 4 rings (SSSR count). The van der Waals surface area contributed by atoms with Crippen LogP contribution in [0.15, 0.2) is 47.1 Å². The largest absolute Gasteiger partial charge is 0.467 e. The van der Waals surface area contributed by atoms with E-state index in [-0.39, 0.29) is 17.8 Å². The highest BCUT2D eigenvalue weighted by Crippen LogP contribution is 2.32. The van der Waals surface area contributed by atoms with Crippen LogP contribution in [0, 0.1) is 5.82 Å². The number of nitrogens with one attached hydrogen (secondary N) is 1. The third-order valence-electron chi connectivity index (χ3n) is 5.27. The van der Waals surface area contributed by atoms with Crippen LogP contribution in [0.25, 0.3) is 0 Å². The van der Waals surface area contributed by atoms with E-state index in [9.17, 15) is 9.18 Å². The number of halogens is 1. The Hall–Kier alpha value is -2.18. The van der Waals surface area contributed by atoms with E-state index < -0.39 is 6.10 Å². The molecule has 0 saturated carbocycles. The molecule has 138 valence electrons. The average Bonchev–Trinajstić information content (AvgIpc) is 3.31.